The Labute approximate surface area is 507 Å². The molecule has 0 spiro atoms. The fraction of sp³-hybridized carbons (Fsp3) is 0.538. The zero-order valence-electron chi connectivity index (χ0n) is 50.8. The number of carbonyl (C=O) groups excluding carboxylic acids is 8. The van der Waals surface area contributed by atoms with E-state index in [2.05, 4.69) is 27.4 Å². The molecule has 9 rings (SSSR count). The van der Waals surface area contributed by atoms with E-state index in [-0.39, 0.29) is 111 Å². The lowest BCUT2D eigenvalue weighted by atomic mass is 9.84. The summed E-state index contributed by atoms with van der Waals surface area (Å²) in [6.07, 6.45) is 7.32. The predicted molar refractivity (Wildman–Crippen MR) is 324 cm³/mol. The summed E-state index contributed by atoms with van der Waals surface area (Å²) in [6, 6.07) is 12.7. The van der Waals surface area contributed by atoms with Gasteiger partial charge in [-0.15, -0.1) is 0 Å². The Morgan fingerprint density at radius 1 is 0.908 bits per heavy atom. The number of anilines is 1. The van der Waals surface area contributed by atoms with Crippen LogP contribution >= 0.6 is 0 Å². The first-order valence-electron chi connectivity index (χ1n) is 31.0. The van der Waals surface area contributed by atoms with Crippen molar-refractivity contribution in [2.75, 3.05) is 44.6 Å². The fourth-order valence-electron chi connectivity index (χ4n) is 12.9. The van der Waals surface area contributed by atoms with Gasteiger partial charge in [0.15, 0.2) is 11.4 Å². The lowest BCUT2D eigenvalue weighted by Gasteiger charge is -2.39. The number of nitrogens with two attached hydrogens (primary N) is 1. The molecular weight excluding hydrogens is 1110 g/mol. The smallest absolute Gasteiger partial charge is 0.489 e. The molecule has 466 valence electrons. The molecule has 3 fully saturated rings. The van der Waals surface area contributed by atoms with Crippen LogP contribution in [0.3, 0.4) is 0 Å². The van der Waals surface area contributed by atoms with Crippen LogP contribution in [0.1, 0.15) is 152 Å². The Kier molecular flexibility index (Phi) is 20.5. The number of carbonyl (C=O) groups is 8. The first-order valence-corrected chi connectivity index (χ1v) is 31.0. The molecule has 22 heteroatoms. The zero-order valence-corrected chi connectivity index (χ0v) is 50.8. The molecule has 5 aliphatic heterocycles. The van der Waals surface area contributed by atoms with Gasteiger partial charge in [-0.05, 0) is 131 Å². The van der Waals surface area contributed by atoms with E-state index in [4.69, 9.17) is 29.7 Å². The van der Waals surface area contributed by atoms with Crippen LogP contribution in [0.25, 0.3) is 22.3 Å². The Bertz CT molecular complexity index is 3350. The Morgan fingerprint density at radius 2 is 1.66 bits per heavy atom. The van der Waals surface area contributed by atoms with E-state index in [0.717, 1.165) is 42.4 Å². The average molecular weight is 1200 g/mol. The van der Waals surface area contributed by atoms with Crippen molar-refractivity contribution in [2.45, 2.75) is 168 Å². The maximum atomic E-state index is 14.5. The number of imide groups is 1. The number of Topliss-reactive ketones (excluding diaryl/α,β-unsaturated/α-hetero) is 1. The van der Waals surface area contributed by atoms with Gasteiger partial charge in [-0.2, -0.15) is 0 Å². The summed E-state index contributed by atoms with van der Waals surface area (Å²) in [7, 11) is 0. The Hall–Kier alpha value is -8.14. The molecule has 5 aliphatic rings. The van der Waals surface area contributed by atoms with Crippen LogP contribution in [-0.2, 0) is 70.0 Å². The second kappa shape index (κ2) is 28.1. The molecule has 0 saturated carbocycles. The first kappa shape index (κ1) is 63.4. The highest BCUT2D eigenvalue weighted by atomic mass is 16.7. The standard InChI is InChI=1S/C65H83N9O13/c1-7-47-48-34-46(86-63(82)72-30-24-45(25-31-72)71-27-12-10-13-28-71)22-23-52(48)69-58-49(47)36-74-53(58)35-51-50(61(74)80)38-84-41(6)65(51,8-2)87-64(83)85-37-42-18-20-44(21-19-42)68-59(78)43(16-15-26-67-62(66)81)33-54(75)57(39(3)4)70-55(76)17-11-9-14-29-73-56(77)32-40(5)60(73)79/h18-23,34-35,39-40,43,45,57H,6-17,24-33,36-38H2,1-5H3,(H,68,78)(H,70,76)(H3,66,67,81)/t40?,43-,57+,65+/m1/s1. The molecule has 0 aliphatic carbocycles. The van der Waals surface area contributed by atoms with Gasteiger partial charge in [0.25, 0.3) is 5.56 Å². The van der Waals surface area contributed by atoms with Gasteiger partial charge >= 0.3 is 18.3 Å². The van der Waals surface area contributed by atoms with E-state index >= 15 is 0 Å². The van der Waals surface area contributed by atoms with Crippen LogP contribution in [0.2, 0.25) is 0 Å². The van der Waals surface area contributed by atoms with Gasteiger partial charge in [-0.3, -0.25) is 33.7 Å². The fourth-order valence-corrected chi connectivity index (χ4v) is 12.9. The van der Waals surface area contributed by atoms with Crippen molar-refractivity contribution in [2.24, 2.45) is 23.5 Å². The van der Waals surface area contributed by atoms with Crippen molar-refractivity contribution in [3.8, 4) is 17.1 Å². The third-order valence-electron chi connectivity index (χ3n) is 17.9. The minimum absolute atomic E-state index is 0.0914. The second-order valence-corrected chi connectivity index (χ2v) is 24.1. The first-order chi connectivity index (χ1) is 41.8. The highest BCUT2D eigenvalue weighted by Crippen LogP contribution is 2.46. The minimum Gasteiger partial charge on any atom is -0.489 e. The molecule has 5 N–H and O–H groups in total. The van der Waals surface area contributed by atoms with Crippen molar-refractivity contribution in [1.29, 1.82) is 0 Å². The number of nitrogens with zero attached hydrogens (tertiary/aromatic N) is 5. The molecule has 22 nitrogen and oxygen atoms in total. The Balaban J connectivity index is 0.814. The molecule has 1 unspecified atom stereocenters. The van der Waals surface area contributed by atoms with Gasteiger partial charge < -0.3 is 55.0 Å². The topological polar surface area (TPSA) is 280 Å². The number of pyridine rings is 2. The number of amides is 7. The van der Waals surface area contributed by atoms with Crippen LogP contribution in [0, 0.1) is 17.8 Å². The predicted octanol–water partition coefficient (Wildman–Crippen LogP) is 8.50. The SMILES string of the molecule is C=C1OCc2c(cc3n(c2=O)Cc2c-3nc3ccc(OC(=O)N4CCC(N5CCCCC5)CC4)cc3c2CC)[C@@]1(CC)OC(=O)OCc1ccc(NC(=O)[C@H](CCCNC(N)=O)CC(=O)[C@@H](NC(=O)CCCCCN2C(=O)CC(C)C2=O)C(C)C)cc1. The van der Waals surface area contributed by atoms with E-state index in [1.54, 1.807) is 67.5 Å². The summed E-state index contributed by atoms with van der Waals surface area (Å²) < 4.78 is 25.5. The highest BCUT2D eigenvalue weighted by Gasteiger charge is 2.47. The number of nitrogens with one attached hydrogen (secondary N) is 3. The van der Waals surface area contributed by atoms with Crippen molar-refractivity contribution in [1.82, 2.24) is 34.9 Å². The molecule has 4 atom stereocenters. The van der Waals surface area contributed by atoms with Crippen LogP contribution in [0.15, 0.2) is 65.7 Å². The molecule has 7 heterocycles. The molecule has 0 radical (unpaired) electrons. The number of piperidine rings is 2. The van der Waals surface area contributed by atoms with E-state index < -0.39 is 35.7 Å². The maximum Gasteiger partial charge on any atom is 0.509 e. The van der Waals surface area contributed by atoms with Gasteiger partial charge in [-0.25, -0.2) is 19.4 Å². The molecule has 3 saturated heterocycles. The number of primary amides is 1. The largest absolute Gasteiger partial charge is 0.509 e. The van der Waals surface area contributed by atoms with Crippen molar-refractivity contribution in [3.63, 3.8) is 0 Å². The molecule has 7 amide bonds. The maximum absolute atomic E-state index is 14.5. The molecule has 2 aromatic heterocycles. The number of hydrogen-bond acceptors (Lipinski definition) is 15. The number of unbranched alkanes of at least 4 members (excludes halogenated alkanes) is 2. The number of aryl methyl sites for hydroxylation is 1. The summed E-state index contributed by atoms with van der Waals surface area (Å²) in [5.41, 5.74) is 8.71. The van der Waals surface area contributed by atoms with Gasteiger partial charge in [0.1, 0.15) is 24.7 Å². The minimum atomic E-state index is -1.60. The van der Waals surface area contributed by atoms with Crippen molar-refractivity contribution >= 4 is 64.3 Å². The number of likely N-dealkylation sites (tertiary alicyclic amines) is 3. The number of aromatic nitrogens is 2. The molecule has 4 aromatic rings. The van der Waals surface area contributed by atoms with Gasteiger partial charge in [0.2, 0.25) is 23.6 Å². The van der Waals surface area contributed by atoms with Crippen LogP contribution in [-0.4, -0.2) is 123 Å². The molecular formula is C65H83N9O13. The summed E-state index contributed by atoms with van der Waals surface area (Å²) in [6.45, 7) is 17.3. The van der Waals surface area contributed by atoms with Gasteiger partial charge in [0, 0.05) is 85.5 Å². The number of urea groups is 1. The summed E-state index contributed by atoms with van der Waals surface area (Å²) in [5, 5.41) is 9.06. The second-order valence-electron chi connectivity index (χ2n) is 24.1. The van der Waals surface area contributed by atoms with Crippen LogP contribution in [0.5, 0.6) is 5.75 Å². The number of ketones is 1. The quantitative estimate of drug-likeness (QED) is 0.0256. The molecule has 0 bridgehead atoms. The number of benzene rings is 2. The van der Waals surface area contributed by atoms with Gasteiger partial charge in [0.05, 0.1) is 35.1 Å². The number of fused-ring (bicyclic) bond motifs is 5. The number of ether oxygens (including phenoxy) is 4. The van der Waals surface area contributed by atoms with E-state index in [0.29, 0.717) is 103 Å². The molecule has 87 heavy (non-hydrogen) atoms. The Morgan fingerprint density at radius 3 is 2.33 bits per heavy atom. The third-order valence-corrected chi connectivity index (χ3v) is 17.9. The van der Waals surface area contributed by atoms with Crippen molar-refractivity contribution in [3.05, 3.63) is 99.0 Å². The zero-order chi connectivity index (χ0) is 62.1. The van der Waals surface area contributed by atoms with Crippen LogP contribution in [0.4, 0.5) is 20.1 Å². The van der Waals surface area contributed by atoms with Crippen LogP contribution < -0.4 is 32.0 Å². The summed E-state index contributed by atoms with van der Waals surface area (Å²) in [5.74, 6) is -2.37. The normalized spacial score (nSPS) is 19.2. The average Bonchev–Trinajstić information content (AvgIpc) is 1.72. The summed E-state index contributed by atoms with van der Waals surface area (Å²) in [4.78, 5) is 129. The van der Waals surface area contributed by atoms with E-state index in [9.17, 15) is 43.2 Å². The highest BCUT2D eigenvalue weighted by molar-refractivity contribution is 6.03. The number of hydrogen-bond donors (Lipinski definition) is 4. The van der Waals surface area contributed by atoms with Crippen molar-refractivity contribution < 1.29 is 57.3 Å². The van der Waals surface area contributed by atoms with E-state index in [1.807, 2.05) is 25.1 Å². The lowest BCUT2D eigenvalue weighted by molar-refractivity contribution is -0.139. The summed E-state index contributed by atoms with van der Waals surface area (Å²) >= 11 is 0. The molecule has 2 aromatic carbocycles. The lowest BCUT2D eigenvalue weighted by Crippen LogP contribution is -2.48. The third kappa shape index (κ3) is 14.5. The van der Waals surface area contributed by atoms with E-state index in [1.165, 1.54) is 24.2 Å². The monoisotopic (exact) mass is 1200 g/mol. The van der Waals surface area contributed by atoms with Gasteiger partial charge in [-0.1, -0.05) is 66.2 Å². The number of rotatable bonds is 24.